The fourth-order valence-electron chi connectivity index (χ4n) is 3.42. The lowest BCUT2D eigenvalue weighted by atomic mass is 9.92. The first-order valence-corrected chi connectivity index (χ1v) is 9.30. The molecule has 4 rings (SSSR count). The third-order valence-corrected chi connectivity index (χ3v) is 5.63. The van der Waals surface area contributed by atoms with E-state index in [1.54, 1.807) is 4.68 Å². The number of fused-ring (bicyclic) bond motifs is 1. The van der Waals surface area contributed by atoms with E-state index >= 15 is 0 Å². The number of alkyl halides is 2. The van der Waals surface area contributed by atoms with Crippen LogP contribution in [0.1, 0.15) is 43.1 Å². The number of aromatic nitrogens is 4. The monoisotopic (exact) mass is 422 g/mol. The summed E-state index contributed by atoms with van der Waals surface area (Å²) in [6, 6.07) is 7.56. The van der Waals surface area contributed by atoms with Crippen LogP contribution in [-0.2, 0) is 6.42 Å². The smallest absolute Gasteiger partial charge is 0.262 e. The minimum atomic E-state index is -2.60. The molecule has 0 saturated heterocycles. The fourth-order valence-corrected chi connectivity index (χ4v) is 3.85. The number of rotatable bonds is 3. The van der Waals surface area contributed by atoms with E-state index in [0.29, 0.717) is 36.1 Å². The summed E-state index contributed by atoms with van der Waals surface area (Å²) in [5.74, 6) is -2.08. The third kappa shape index (κ3) is 3.30. The minimum absolute atomic E-state index is 0.155. The molecule has 1 saturated carbocycles. The van der Waals surface area contributed by atoms with Gasteiger partial charge in [-0.2, -0.15) is 5.10 Å². The van der Waals surface area contributed by atoms with E-state index in [1.807, 2.05) is 24.3 Å². The van der Waals surface area contributed by atoms with Gasteiger partial charge in [0.15, 0.2) is 5.65 Å². The molecular weight excluding hydrogens is 406 g/mol. The molecule has 1 N–H and O–H groups in total. The summed E-state index contributed by atoms with van der Waals surface area (Å²) in [4.78, 5) is 19.8. The highest BCUT2D eigenvalue weighted by molar-refractivity contribution is 9.10. The Hall–Kier alpha value is -2.09. The second-order valence-electron chi connectivity index (χ2n) is 6.69. The van der Waals surface area contributed by atoms with Crippen molar-refractivity contribution < 1.29 is 8.78 Å². The third-order valence-electron chi connectivity index (χ3n) is 4.86. The molecule has 8 heteroatoms. The molecule has 0 atom stereocenters. The first-order valence-electron chi connectivity index (χ1n) is 8.51. The molecule has 0 aliphatic heterocycles. The number of nitrogens with zero attached hydrogens (tertiary/aromatic N) is 3. The first-order chi connectivity index (χ1) is 12.4. The summed E-state index contributed by atoms with van der Waals surface area (Å²) in [5.41, 5.74) is 1.20. The Kier molecular flexibility index (Phi) is 4.38. The summed E-state index contributed by atoms with van der Waals surface area (Å²) >= 11 is 3.49. The van der Waals surface area contributed by atoms with Crippen LogP contribution in [0.3, 0.4) is 0 Å². The van der Waals surface area contributed by atoms with Gasteiger partial charge >= 0.3 is 0 Å². The van der Waals surface area contributed by atoms with Crippen LogP contribution in [0.2, 0.25) is 0 Å². The lowest BCUT2D eigenvalue weighted by molar-refractivity contribution is -0.0446. The molecule has 1 fully saturated rings. The van der Waals surface area contributed by atoms with E-state index in [9.17, 15) is 13.6 Å². The van der Waals surface area contributed by atoms with E-state index in [2.05, 4.69) is 31.0 Å². The van der Waals surface area contributed by atoms with Gasteiger partial charge in [0, 0.05) is 23.7 Å². The van der Waals surface area contributed by atoms with E-state index < -0.39 is 5.92 Å². The number of H-pyrrole nitrogens is 1. The Morgan fingerprint density at radius 2 is 2.00 bits per heavy atom. The maximum atomic E-state index is 13.4. The quantitative estimate of drug-likeness (QED) is 0.686. The van der Waals surface area contributed by atoms with Crippen LogP contribution in [0.4, 0.5) is 8.78 Å². The molecule has 0 spiro atoms. The van der Waals surface area contributed by atoms with Crippen molar-refractivity contribution >= 4 is 27.0 Å². The molecule has 0 radical (unpaired) electrons. The number of hydrogen-bond donors (Lipinski definition) is 1. The summed E-state index contributed by atoms with van der Waals surface area (Å²) < 4.78 is 29.5. The normalized spacial score (nSPS) is 17.7. The van der Waals surface area contributed by atoms with Crippen LogP contribution in [0.25, 0.3) is 11.0 Å². The standard InChI is InChI=1S/C18H17BrF2N4O/c19-14-4-2-1-3-11(14)9-15-23-16-13(17(26)24-15)10-22-25(16)12-5-7-18(20,21)8-6-12/h1-4,10,12H,5-9H2,(H,23,24,26). The van der Waals surface area contributed by atoms with E-state index in [-0.39, 0.29) is 24.4 Å². The molecule has 5 nitrogen and oxygen atoms in total. The van der Waals surface area contributed by atoms with Crippen LogP contribution in [0.5, 0.6) is 0 Å². The Labute approximate surface area is 156 Å². The molecule has 1 aliphatic rings. The topological polar surface area (TPSA) is 63.6 Å². The maximum absolute atomic E-state index is 13.4. The van der Waals surface area contributed by atoms with Gasteiger partial charge in [-0.1, -0.05) is 34.1 Å². The summed E-state index contributed by atoms with van der Waals surface area (Å²) in [7, 11) is 0. The Morgan fingerprint density at radius 3 is 2.73 bits per heavy atom. The summed E-state index contributed by atoms with van der Waals surface area (Å²) in [5, 5.41) is 4.66. The van der Waals surface area contributed by atoms with Gasteiger partial charge in [0.2, 0.25) is 5.92 Å². The van der Waals surface area contributed by atoms with Crippen molar-refractivity contribution in [1.29, 1.82) is 0 Å². The van der Waals surface area contributed by atoms with Crippen LogP contribution in [0.15, 0.2) is 39.7 Å². The van der Waals surface area contributed by atoms with E-state index in [0.717, 1.165) is 10.0 Å². The van der Waals surface area contributed by atoms with E-state index in [4.69, 9.17) is 0 Å². The van der Waals surface area contributed by atoms with Crippen molar-refractivity contribution in [2.24, 2.45) is 0 Å². The van der Waals surface area contributed by atoms with Gasteiger partial charge < -0.3 is 4.98 Å². The highest BCUT2D eigenvalue weighted by atomic mass is 79.9. The molecule has 1 aliphatic carbocycles. The largest absolute Gasteiger partial charge is 0.310 e. The van der Waals surface area contributed by atoms with Crippen molar-refractivity contribution in [3.05, 3.63) is 56.7 Å². The SMILES string of the molecule is O=c1[nH]c(Cc2ccccc2Br)nc2c1cnn2C1CCC(F)(F)CC1. The van der Waals surface area contributed by atoms with E-state index in [1.165, 1.54) is 6.20 Å². The molecule has 0 unspecified atom stereocenters. The number of aromatic amines is 1. The van der Waals surface area contributed by atoms with Crippen molar-refractivity contribution in [2.75, 3.05) is 0 Å². The second kappa shape index (κ2) is 6.57. The first kappa shape index (κ1) is 17.3. The van der Waals surface area contributed by atoms with Crippen LogP contribution >= 0.6 is 15.9 Å². The highest BCUT2D eigenvalue weighted by Crippen LogP contribution is 2.38. The predicted octanol–water partition coefficient (Wildman–Crippen LogP) is 4.22. The van der Waals surface area contributed by atoms with Crippen molar-refractivity contribution in [3.8, 4) is 0 Å². The van der Waals surface area contributed by atoms with Crippen molar-refractivity contribution in [1.82, 2.24) is 19.7 Å². The van der Waals surface area contributed by atoms with Gasteiger partial charge in [0.05, 0.1) is 12.2 Å². The molecule has 136 valence electrons. The summed E-state index contributed by atoms with van der Waals surface area (Å²) in [6.45, 7) is 0. The van der Waals surface area contributed by atoms with Gasteiger partial charge in [-0.3, -0.25) is 4.79 Å². The van der Waals surface area contributed by atoms with Crippen LogP contribution < -0.4 is 5.56 Å². The lowest BCUT2D eigenvalue weighted by Crippen LogP contribution is -2.27. The van der Waals surface area contributed by atoms with Crippen molar-refractivity contribution in [3.63, 3.8) is 0 Å². The average molecular weight is 423 g/mol. The zero-order valence-corrected chi connectivity index (χ0v) is 15.5. The number of benzene rings is 1. The van der Waals surface area contributed by atoms with Crippen molar-refractivity contribution in [2.45, 2.75) is 44.1 Å². The maximum Gasteiger partial charge on any atom is 0.262 e. The Bertz CT molecular complexity index is 1000. The zero-order valence-electron chi connectivity index (χ0n) is 13.9. The fraction of sp³-hybridized carbons (Fsp3) is 0.389. The molecule has 0 bridgehead atoms. The molecular formula is C18H17BrF2N4O. The molecule has 3 aromatic rings. The zero-order chi connectivity index (χ0) is 18.3. The minimum Gasteiger partial charge on any atom is -0.310 e. The van der Waals surface area contributed by atoms with Crippen LogP contribution in [-0.4, -0.2) is 25.7 Å². The Balaban J connectivity index is 1.70. The lowest BCUT2D eigenvalue weighted by Gasteiger charge is -2.28. The Morgan fingerprint density at radius 1 is 1.27 bits per heavy atom. The van der Waals surface area contributed by atoms with Gasteiger partial charge in [-0.15, -0.1) is 0 Å². The molecule has 2 aromatic heterocycles. The molecule has 0 amide bonds. The summed E-state index contributed by atoms with van der Waals surface area (Å²) in [6.07, 6.45) is 2.27. The number of hydrogen-bond acceptors (Lipinski definition) is 3. The highest BCUT2D eigenvalue weighted by Gasteiger charge is 2.36. The van der Waals surface area contributed by atoms with Gasteiger partial charge in [0.25, 0.3) is 5.56 Å². The number of nitrogens with one attached hydrogen (secondary N) is 1. The second-order valence-corrected chi connectivity index (χ2v) is 7.55. The average Bonchev–Trinajstić information content (AvgIpc) is 3.01. The van der Waals surface area contributed by atoms with Gasteiger partial charge in [0.1, 0.15) is 11.2 Å². The molecule has 26 heavy (non-hydrogen) atoms. The van der Waals surface area contributed by atoms with Gasteiger partial charge in [-0.25, -0.2) is 18.4 Å². The molecule has 1 aromatic carbocycles. The molecule has 2 heterocycles. The van der Waals surface area contributed by atoms with Gasteiger partial charge in [-0.05, 0) is 24.5 Å². The number of halogens is 3. The predicted molar refractivity (Wildman–Crippen MR) is 97.5 cm³/mol. The van der Waals surface area contributed by atoms with Crippen LogP contribution in [0, 0.1) is 0 Å².